The van der Waals surface area contributed by atoms with Crippen LogP contribution >= 0.6 is 0 Å². The number of aromatic nitrogens is 2. The van der Waals surface area contributed by atoms with E-state index in [1.54, 1.807) is 6.92 Å². The van der Waals surface area contributed by atoms with Gasteiger partial charge in [0.15, 0.2) is 0 Å². The second kappa shape index (κ2) is 5.63. The van der Waals surface area contributed by atoms with Crippen LogP contribution in [-0.4, -0.2) is 16.0 Å². The van der Waals surface area contributed by atoms with Gasteiger partial charge < -0.3 is 9.21 Å². The van der Waals surface area contributed by atoms with Crippen molar-refractivity contribution in [2.75, 3.05) is 0 Å². The third-order valence-corrected chi connectivity index (χ3v) is 2.44. The molecule has 0 aliphatic rings. The van der Waals surface area contributed by atoms with Crippen molar-refractivity contribution in [1.29, 1.82) is 0 Å². The Bertz CT molecular complexity index is 320. The summed E-state index contributed by atoms with van der Waals surface area (Å²) in [4.78, 5) is 10.7. The lowest BCUT2D eigenvalue weighted by atomic mass is 10.1. The zero-order chi connectivity index (χ0) is 11.3. The average molecular weight is 210 g/mol. The van der Waals surface area contributed by atoms with Gasteiger partial charge in [0, 0.05) is 18.8 Å². The highest BCUT2D eigenvalue weighted by molar-refractivity contribution is 5.75. The molecule has 0 saturated carbocycles. The minimum Gasteiger partial charge on any atom is -0.425 e. The number of rotatable bonds is 6. The maximum absolute atomic E-state index is 10.7. The summed E-state index contributed by atoms with van der Waals surface area (Å²) >= 11 is 0. The van der Waals surface area contributed by atoms with Gasteiger partial charge in [-0.15, -0.1) is 10.2 Å². The fourth-order valence-corrected chi connectivity index (χ4v) is 1.23. The van der Waals surface area contributed by atoms with Crippen molar-refractivity contribution in [1.82, 2.24) is 10.2 Å². The molecule has 1 aromatic heterocycles. The zero-order valence-corrected chi connectivity index (χ0v) is 9.62. The zero-order valence-electron chi connectivity index (χ0n) is 9.62. The lowest BCUT2D eigenvalue weighted by molar-refractivity contribution is -0.117. The van der Waals surface area contributed by atoms with Crippen molar-refractivity contribution >= 4 is 5.78 Å². The number of carbonyl (C=O) groups excluding carboxylic acids is 1. The van der Waals surface area contributed by atoms with E-state index < -0.39 is 0 Å². The van der Waals surface area contributed by atoms with Crippen LogP contribution in [0.4, 0.5) is 0 Å². The Balaban J connectivity index is 2.42. The standard InChI is InChI=1S/C11H18N2O2/c1-4-8(2)11-13-12-10(15-11)7-5-6-9(3)14/h8H,4-7H2,1-3H3. The molecule has 0 aromatic carbocycles. The molecule has 1 rings (SSSR count). The maximum Gasteiger partial charge on any atom is 0.219 e. The summed E-state index contributed by atoms with van der Waals surface area (Å²) in [5, 5.41) is 7.94. The molecule has 4 nitrogen and oxygen atoms in total. The summed E-state index contributed by atoms with van der Waals surface area (Å²) in [6, 6.07) is 0. The molecule has 84 valence electrons. The monoisotopic (exact) mass is 210 g/mol. The van der Waals surface area contributed by atoms with Gasteiger partial charge in [0.05, 0.1) is 0 Å². The van der Waals surface area contributed by atoms with E-state index in [4.69, 9.17) is 4.42 Å². The van der Waals surface area contributed by atoms with Gasteiger partial charge in [-0.05, 0) is 19.8 Å². The SMILES string of the molecule is CCC(C)c1nnc(CCCC(C)=O)o1. The second-order valence-electron chi connectivity index (χ2n) is 3.90. The molecule has 1 aromatic rings. The molecule has 1 atom stereocenters. The fourth-order valence-electron chi connectivity index (χ4n) is 1.23. The number of aryl methyl sites for hydroxylation is 1. The third kappa shape index (κ3) is 3.81. The first-order valence-corrected chi connectivity index (χ1v) is 5.45. The van der Waals surface area contributed by atoms with Crippen molar-refractivity contribution in [3.8, 4) is 0 Å². The van der Waals surface area contributed by atoms with Gasteiger partial charge in [0.25, 0.3) is 0 Å². The van der Waals surface area contributed by atoms with Gasteiger partial charge >= 0.3 is 0 Å². The van der Waals surface area contributed by atoms with E-state index in [1.165, 1.54) is 0 Å². The third-order valence-electron chi connectivity index (χ3n) is 2.44. The molecule has 0 saturated heterocycles. The van der Waals surface area contributed by atoms with Crippen LogP contribution in [0.1, 0.15) is 57.7 Å². The fraction of sp³-hybridized carbons (Fsp3) is 0.727. The van der Waals surface area contributed by atoms with Crippen molar-refractivity contribution in [3.05, 3.63) is 11.8 Å². The molecular formula is C11H18N2O2. The average Bonchev–Trinajstić information content (AvgIpc) is 2.65. The number of nitrogens with zero attached hydrogens (tertiary/aromatic N) is 2. The van der Waals surface area contributed by atoms with Crippen molar-refractivity contribution < 1.29 is 9.21 Å². The minimum atomic E-state index is 0.205. The van der Waals surface area contributed by atoms with Gasteiger partial charge in [0.1, 0.15) is 5.78 Å². The van der Waals surface area contributed by atoms with E-state index in [0.717, 1.165) is 12.8 Å². The first-order chi connectivity index (χ1) is 7.13. The van der Waals surface area contributed by atoms with Crippen LogP contribution in [0, 0.1) is 0 Å². The topological polar surface area (TPSA) is 56.0 Å². The van der Waals surface area contributed by atoms with E-state index in [0.29, 0.717) is 30.5 Å². The quantitative estimate of drug-likeness (QED) is 0.723. The second-order valence-corrected chi connectivity index (χ2v) is 3.90. The Labute approximate surface area is 90.1 Å². The van der Waals surface area contributed by atoms with Crippen LogP contribution in [0.5, 0.6) is 0 Å². The Morgan fingerprint density at radius 3 is 2.80 bits per heavy atom. The van der Waals surface area contributed by atoms with Crippen molar-refractivity contribution in [3.63, 3.8) is 0 Å². The van der Waals surface area contributed by atoms with E-state index >= 15 is 0 Å². The molecule has 4 heteroatoms. The highest BCUT2D eigenvalue weighted by Crippen LogP contribution is 2.17. The summed E-state index contributed by atoms with van der Waals surface area (Å²) in [5.74, 6) is 1.87. The molecule has 0 spiro atoms. The van der Waals surface area contributed by atoms with Gasteiger partial charge in [-0.1, -0.05) is 13.8 Å². The number of ketones is 1. The van der Waals surface area contributed by atoms with Crippen LogP contribution in [0.2, 0.25) is 0 Å². The van der Waals surface area contributed by atoms with Crippen molar-refractivity contribution in [2.45, 2.75) is 52.4 Å². The van der Waals surface area contributed by atoms with E-state index in [2.05, 4.69) is 24.0 Å². The maximum atomic E-state index is 10.7. The molecule has 0 amide bonds. The Hall–Kier alpha value is -1.19. The van der Waals surface area contributed by atoms with Gasteiger partial charge in [-0.3, -0.25) is 0 Å². The molecule has 0 aliphatic carbocycles. The van der Waals surface area contributed by atoms with Crippen LogP contribution in [0.25, 0.3) is 0 Å². The number of Topliss-reactive ketones (excluding diaryl/α,β-unsaturated/α-hetero) is 1. The smallest absolute Gasteiger partial charge is 0.219 e. The normalized spacial score (nSPS) is 12.7. The van der Waals surface area contributed by atoms with Crippen molar-refractivity contribution in [2.24, 2.45) is 0 Å². The predicted octanol–water partition coefficient (Wildman–Crippen LogP) is 2.49. The molecule has 1 heterocycles. The van der Waals surface area contributed by atoms with Gasteiger partial charge in [-0.25, -0.2) is 0 Å². The summed E-state index contributed by atoms with van der Waals surface area (Å²) in [6.45, 7) is 5.75. The number of hydrogen-bond acceptors (Lipinski definition) is 4. The molecule has 15 heavy (non-hydrogen) atoms. The Kier molecular flexibility index (Phi) is 4.46. The highest BCUT2D eigenvalue weighted by Gasteiger charge is 2.11. The molecule has 0 aliphatic heterocycles. The summed E-state index contributed by atoms with van der Waals surface area (Å²) < 4.78 is 5.48. The van der Waals surface area contributed by atoms with Gasteiger partial charge in [-0.2, -0.15) is 0 Å². The highest BCUT2D eigenvalue weighted by atomic mass is 16.4. The largest absolute Gasteiger partial charge is 0.425 e. The van der Waals surface area contributed by atoms with E-state index in [9.17, 15) is 4.79 Å². The summed E-state index contributed by atoms with van der Waals surface area (Å²) in [5.41, 5.74) is 0. The molecule has 0 N–H and O–H groups in total. The van der Waals surface area contributed by atoms with Crippen LogP contribution < -0.4 is 0 Å². The Morgan fingerprint density at radius 2 is 2.20 bits per heavy atom. The predicted molar refractivity (Wildman–Crippen MR) is 56.6 cm³/mol. The molecule has 0 radical (unpaired) electrons. The molecule has 0 bridgehead atoms. The van der Waals surface area contributed by atoms with Crippen LogP contribution in [0.15, 0.2) is 4.42 Å². The lowest BCUT2D eigenvalue weighted by Crippen LogP contribution is -1.92. The first kappa shape index (κ1) is 11.9. The number of hydrogen-bond donors (Lipinski definition) is 0. The summed E-state index contributed by atoms with van der Waals surface area (Å²) in [7, 11) is 0. The molecular weight excluding hydrogens is 192 g/mol. The minimum absolute atomic E-state index is 0.205. The van der Waals surface area contributed by atoms with Crippen LogP contribution in [-0.2, 0) is 11.2 Å². The summed E-state index contributed by atoms with van der Waals surface area (Å²) in [6.07, 6.45) is 3.07. The molecule has 1 unspecified atom stereocenters. The first-order valence-electron chi connectivity index (χ1n) is 5.45. The van der Waals surface area contributed by atoms with Gasteiger partial charge in [0.2, 0.25) is 11.8 Å². The number of carbonyl (C=O) groups is 1. The van der Waals surface area contributed by atoms with E-state index in [1.807, 2.05) is 0 Å². The lowest BCUT2D eigenvalue weighted by Gasteiger charge is -1.99. The molecule has 0 fully saturated rings. The Morgan fingerprint density at radius 1 is 1.47 bits per heavy atom. The van der Waals surface area contributed by atoms with Crippen LogP contribution in [0.3, 0.4) is 0 Å². The van der Waals surface area contributed by atoms with E-state index in [-0.39, 0.29) is 5.78 Å².